The van der Waals surface area contributed by atoms with E-state index in [1.165, 1.54) is 4.90 Å². The summed E-state index contributed by atoms with van der Waals surface area (Å²) in [4.78, 5) is 23.6. The van der Waals surface area contributed by atoms with Gasteiger partial charge in [0.25, 0.3) is 0 Å². The van der Waals surface area contributed by atoms with Gasteiger partial charge in [0.15, 0.2) is 0 Å². The second kappa shape index (κ2) is 6.77. The summed E-state index contributed by atoms with van der Waals surface area (Å²) in [6.07, 6.45) is 2.38. The Morgan fingerprint density at radius 2 is 2.21 bits per heavy atom. The molecule has 7 heteroatoms. The molecule has 2 amide bonds. The van der Waals surface area contributed by atoms with Crippen molar-refractivity contribution >= 4 is 12.0 Å². The third kappa shape index (κ3) is 4.99. The number of nitrogens with zero attached hydrogens (tertiary/aromatic N) is 3. The van der Waals surface area contributed by atoms with Crippen LogP contribution in [0.3, 0.4) is 0 Å². The molecule has 0 aliphatic carbocycles. The highest BCUT2D eigenvalue weighted by atomic mass is 16.4. The van der Waals surface area contributed by atoms with Gasteiger partial charge in [-0.15, -0.1) is 0 Å². The van der Waals surface area contributed by atoms with Crippen LogP contribution in [0.15, 0.2) is 6.20 Å². The molecule has 7 nitrogen and oxygen atoms in total. The van der Waals surface area contributed by atoms with Crippen molar-refractivity contribution in [3.63, 3.8) is 0 Å². The van der Waals surface area contributed by atoms with Gasteiger partial charge in [-0.05, 0) is 13.3 Å². The van der Waals surface area contributed by atoms with E-state index in [1.54, 1.807) is 11.7 Å². The first-order valence-electron chi connectivity index (χ1n) is 6.10. The molecule has 1 aromatic heterocycles. The van der Waals surface area contributed by atoms with Crippen molar-refractivity contribution in [1.29, 1.82) is 0 Å². The third-order valence-electron chi connectivity index (χ3n) is 2.78. The lowest BCUT2D eigenvalue weighted by molar-refractivity contribution is -0.137. The number of carboxylic acids is 1. The molecule has 0 fully saturated rings. The van der Waals surface area contributed by atoms with Gasteiger partial charge in [-0.2, -0.15) is 5.10 Å². The first kappa shape index (κ1) is 15.0. The highest BCUT2D eigenvalue weighted by Gasteiger charge is 2.10. The summed E-state index contributed by atoms with van der Waals surface area (Å²) in [6.45, 7) is 2.73. The first-order valence-corrected chi connectivity index (χ1v) is 6.10. The molecule has 1 heterocycles. The van der Waals surface area contributed by atoms with Crippen LogP contribution in [0.4, 0.5) is 4.79 Å². The molecular weight excluding hydrogens is 248 g/mol. The van der Waals surface area contributed by atoms with Crippen LogP contribution in [-0.4, -0.2) is 45.4 Å². The Hall–Kier alpha value is -2.05. The van der Waals surface area contributed by atoms with Crippen molar-refractivity contribution in [2.75, 3.05) is 13.6 Å². The van der Waals surface area contributed by atoms with Crippen molar-refractivity contribution in [2.24, 2.45) is 7.05 Å². The Morgan fingerprint density at radius 3 is 2.74 bits per heavy atom. The number of hydrogen-bond acceptors (Lipinski definition) is 3. The van der Waals surface area contributed by atoms with Gasteiger partial charge in [0, 0.05) is 45.4 Å². The molecule has 1 aromatic rings. The van der Waals surface area contributed by atoms with Crippen LogP contribution in [0.25, 0.3) is 0 Å². The van der Waals surface area contributed by atoms with Crippen LogP contribution >= 0.6 is 0 Å². The maximum absolute atomic E-state index is 11.8. The van der Waals surface area contributed by atoms with E-state index in [-0.39, 0.29) is 12.5 Å². The summed E-state index contributed by atoms with van der Waals surface area (Å²) in [6, 6.07) is -0.214. The van der Waals surface area contributed by atoms with Gasteiger partial charge in [0.05, 0.1) is 5.69 Å². The zero-order valence-electron chi connectivity index (χ0n) is 11.5. The quantitative estimate of drug-likeness (QED) is 0.796. The molecule has 19 heavy (non-hydrogen) atoms. The number of nitrogens with one attached hydrogen (secondary N) is 1. The Labute approximate surface area is 112 Å². The molecule has 0 atom stereocenters. The van der Waals surface area contributed by atoms with Crippen LogP contribution in [-0.2, 0) is 18.4 Å². The zero-order valence-corrected chi connectivity index (χ0v) is 11.5. The zero-order chi connectivity index (χ0) is 14.4. The van der Waals surface area contributed by atoms with Crippen LogP contribution in [0.2, 0.25) is 0 Å². The van der Waals surface area contributed by atoms with Crippen molar-refractivity contribution in [3.8, 4) is 0 Å². The topological polar surface area (TPSA) is 87.5 Å². The Balaban J connectivity index is 2.34. The van der Waals surface area contributed by atoms with E-state index in [1.807, 2.05) is 20.2 Å². The van der Waals surface area contributed by atoms with Crippen molar-refractivity contribution in [2.45, 2.75) is 26.3 Å². The predicted molar refractivity (Wildman–Crippen MR) is 69.7 cm³/mol. The minimum absolute atomic E-state index is 0.0688. The Morgan fingerprint density at radius 1 is 1.53 bits per heavy atom. The van der Waals surface area contributed by atoms with E-state index in [0.717, 1.165) is 11.3 Å². The fraction of sp³-hybridized carbons (Fsp3) is 0.583. The lowest BCUT2D eigenvalue weighted by Crippen LogP contribution is -2.37. The molecule has 0 saturated carbocycles. The number of hydrogen-bond donors (Lipinski definition) is 2. The van der Waals surface area contributed by atoms with Crippen LogP contribution in [0.5, 0.6) is 0 Å². The molecule has 106 valence electrons. The summed E-state index contributed by atoms with van der Waals surface area (Å²) in [5.74, 6) is -0.847. The van der Waals surface area contributed by atoms with Crippen LogP contribution in [0, 0.1) is 6.92 Å². The number of carbonyl (C=O) groups excluding carboxylic acids is 1. The fourth-order valence-corrected chi connectivity index (χ4v) is 1.70. The van der Waals surface area contributed by atoms with E-state index >= 15 is 0 Å². The first-order chi connectivity index (χ1) is 8.90. The highest BCUT2D eigenvalue weighted by molar-refractivity contribution is 5.74. The number of aryl methyl sites for hydroxylation is 2. The predicted octanol–water partition coefficient (Wildman–Crippen LogP) is 0.735. The standard InChI is InChI=1S/C12H20N4O3/c1-9-10(8-16(3)14-9)7-13-12(19)15(2)6-4-5-11(17)18/h8H,4-7H2,1-3H3,(H,13,19)(H,17,18). The summed E-state index contributed by atoms with van der Waals surface area (Å²) in [5, 5.41) is 15.5. The maximum atomic E-state index is 11.8. The lowest BCUT2D eigenvalue weighted by Gasteiger charge is -2.17. The molecule has 0 spiro atoms. The maximum Gasteiger partial charge on any atom is 0.317 e. The van der Waals surface area contributed by atoms with E-state index in [0.29, 0.717) is 19.5 Å². The monoisotopic (exact) mass is 268 g/mol. The smallest absolute Gasteiger partial charge is 0.317 e. The van der Waals surface area contributed by atoms with Crippen molar-refractivity contribution < 1.29 is 14.7 Å². The van der Waals surface area contributed by atoms with Gasteiger partial charge in [0.1, 0.15) is 0 Å². The second-order valence-electron chi connectivity index (χ2n) is 4.49. The molecule has 0 saturated heterocycles. The average Bonchev–Trinajstić information content (AvgIpc) is 2.64. The van der Waals surface area contributed by atoms with Crippen LogP contribution < -0.4 is 5.32 Å². The van der Waals surface area contributed by atoms with Gasteiger partial charge in [0.2, 0.25) is 0 Å². The molecule has 0 unspecified atom stereocenters. The number of carbonyl (C=O) groups is 2. The second-order valence-corrected chi connectivity index (χ2v) is 4.49. The average molecular weight is 268 g/mol. The molecule has 0 bridgehead atoms. The van der Waals surface area contributed by atoms with Gasteiger partial charge < -0.3 is 15.3 Å². The lowest BCUT2D eigenvalue weighted by atomic mass is 10.2. The summed E-state index contributed by atoms with van der Waals surface area (Å²) >= 11 is 0. The molecule has 0 aromatic carbocycles. The van der Waals surface area contributed by atoms with Crippen molar-refractivity contribution in [1.82, 2.24) is 20.0 Å². The summed E-state index contributed by atoms with van der Waals surface area (Å²) in [7, 11) is 3.48. The number of aliphatic carboxylic acids is 1. The summed E-state index contributed by atoms with van der Waals surface area (Å²) < 4.78 is 1.70. The fourth-order valence-electron chi connectivity index (χ4n) is 1.70. The Bertz CT molecular complexity index is 456. The van der Waals surface area contributed by atoms with Crippen LogP contribution in [0.1, 0.15) is 24.1 Å². The number of amides is 2. The molecule has 2 N–H and O–H groups in total. The van der Waals surface area contributed by atoms with E-state index in [4.69, 9.17) is 5.11 Å². The van der Waals surface area contributed by atoms with Gasteiger partial charge >= 0.3 is 12.0 Å². The normalized spacial score (nSPS) is 10.3. The third-order valence-corrected chi connectivity index (χ3v) is 2.78. The number of rotatable bonds is 6. The molecule has 1 rings (SSSR count). The molecule has 0 aliphatic heterocycles. The van der Waals surface area contributed by atoms with Gasteiger partial charge in [-0.25, -0.2) is 4.79 Å². The molecule has 0 radical (unpaired) electrons. The van der Waals surface area contributed by atoms with E-state index in [9.17, 15) is 9.59 Å². The van der Waals surface area contributed by atoms with E-state index < -0.39 is 5.97 Å². The molecular formula is C12H20N4O3. The molecule has 0 aliphatic rings. The largest absolute Gasteiger partial charge is 0.481 e. The number of aromatic nitrogens is 2. The summed E-state index contributed by atoms with van der Waals surface area (Å²) in [5.41, 5.74) is 1.85. The minimum atomic E-state index is -0.847. The van der Waals surface area contributed by atoms with E-state index in [2.05, 4.69) is 10.4 Å². The number of urea groups is 1. The number of carboxylic acid groups (broad SMARTS) is 1. The van der Waals surface area contributed by atoms with Crippen molar-refractivity contribution in [3.05, 3.63) is 17.5 Å². The highest BCUT2D eigenvalue weighted by Crippen LogP contribution is 2.04. The van der Waals surface area contributed by atoms with Gasteiger partial charge in [-0.1, -0.05) is 0 Å². The SMILES string of the molecule is Cc1nn(C)cc1CNC(=O)N(C)CCCC(=O)O. The van der Waals surface area contributed by atoms with Gasteiger partial charge in [-0.3, -0.25) is 9.48 Å². The minimum Gasteiger partial charge on any atom is -0.481 e. The Kier molecular flexibility index (Phi) is 5.35.